The highest BCUT2D eigenvalue weighted by Gasteiger charge is 2.15. The molecule has 0 amide bonds. The van der Waals surface area contributed by atoms with Crippen LogP contribution in [0.3, 0.4) is 0 Å². The maximum Gasteiger partial charge on any atom is 0.342 e. The summed E-state index contributed by atoms with van der Waals surface area (Å²) in [5, 5.41) is 9.67. The molecule has 1 N–H and O–H groups in total. The molecule has 0 unspecified atom stereocenters. The summed E-state index contributed by atoms with van der Waals surface area (Å²) in [4.78, 5) is 24.0. The van der Waals surface area contributed by atoms with Crippen molar-refractivity contribution in [1.82, 2.24) is 0 Å². The van der Waals surface area contributed by atoms with E-state index in [1.807, 2.05) is 6.92 Å². The SMILES string of the molecule is CCOc1ccc(C(=O)COC(=O)c2cc(C)ccc2O)cc1. The van der Waals surface area contributed by atoms with E-state index in [1.165, 1.54) is 12.1 Å². The minimum Gasteiger partial charge on any atom is -0.507 e. The van der Waals surface area contributed by atoms with Gasteiger partial charge in [-0.2, -0.15) is 0 Å². The van der Waals surface area contributed by atoms with Crippen LogP contribution < -0.4 is 4.74 Å². The van der Waals surface area contributed by atoms with Gasteiger partial charge in [0.1, 0.15) is 17.1 Å². The lowest BCUT2D eigenvalue weighted by Gasteiger charge is -2.07. The third-order valence-electron chi connectivity index (χ3n) is 3.19. The number of esters is 1. The number of Topliss-reactive ketones (excluding diaryl/α,β-unsaturated/α-hetero) is 1. The first-order chi connectivity index (χ1) is 11.0. The van der Waals surface area contributed by atoms with Gasteiger partial charge in [0, 0.05) is 5.56 Å². The van der Waals surface area contributed by atoms with Gasteiger partial charge >= 0.3 is 5.97 Å². The number of rotatable bonds is 6. The molecular formula is C18H18O5. The van der Waals surface area contributed by atoms with Crippen LogP contribution in [0.1, 0.15) is 33.2 Å². The highest BCUT2D eigenvalue weighted by Crippen LogP contribution is 2.19. The van der Waals surface area contributed by atoms with E-state index in [0.29, 0.717) is 17.9 Å². The van der Waals surface area contributed by atoms with Crippen molar-refractivity contribution in [3.63, 3.8) is 0 Å². The summed E-state index contributed by atoms with van der Waals surface area (Å²) in [6.45, 7) is 3.83. The Labute approximate surface area is 134 Å². The number of phenols is 1. The molecule has 2 aromatic rings. The number of phenolic OH excluding ortho intramolecular Hbond substituents is 1. The van der Waals surface area contributed by atoms with E-state index >= 15 is 0 Å². The van der Waals surface area contributed by atoms with Crippen LogP contribution >= 0.6 is 0 Å². The van der Waals surface area contributed by atoms with Crippen molar-refractivity contribution in [1.29, 1.82) is 0 Å². The van der Waals surface area contributed by atoms with Gasteiger partial charge in [-0.25, -0.2) is 4.79 Å². The minimum atomic E-state index is -0.731. The Balaban J connectivity index is 1.98. The van der Waals surface area contributed by atoms with E-state index in [-0.39, 0.29) is 23.7 Å². The third-order valence-corrected chi connectivity index (χ3v) is 3.19. The zero-order valence-electron chi connectivity index (χ0n) is 13.0. The monoisotopic (exact) mass is 314 g/mol. The van der Waals surface area contributed by atoms with Crippen molar-refractivity contribution in [2.24, 2.45) is 0 Å². The molecule has 0 bridgehead atoms. The maximum absolute atomic E-state index is 12.0. The number of hydrogen-bond donors (Lipinski definition) is 1. The predicted octanol–water partition coefficient (Wildman–Crippen LogP) is 3.14. The van der Waals surface area contributed by atoms with Gasteiger partial charge in [0.05, 0.1) is 6.61 Å². The van der Waals surface area contributed by atoms with Crippen LogP contribution in [0.25, 0.3) is 0 Å². The highest BCUT2D eigenvalue weighted by atomic mass is 16.5. The first kappa shape index (κ1) is 16.5. The average molecular weight is 314 g/mol. The van der Waals surface area contributed by atoms with E-state index in [1.54, 1.807) is 37.3 Å². The smallest absolute Gasteiger partial charge is 0.342 e. The fourth-order valence-electron chi connectivity index (χ4n) is 2.01. The van der Waals surface area contributed by atoms with Crippen molar-refractivity contribution in [2.75, 3.05) is 13.2 Å². The number of aromatic hydroxyl groups is 1. The topological polar surface area (TPSA) is 72.8 Å². The third kappa shape index (κ3) is 4.32. The van der Waals surface area contributed by atoms with E-state index in [9.17, 15) is 14.7 Å². The van der Waals surface area contributed by atoms with Crippen LogP contribution in [-0.4, -0.2) is 30.1 Å². The number of aryl methyl sites for hydroxylation is 1. The van der Waals surface area contributed by atoms with Gasteiger partial charge in [0.2, 0.25) is 0 Å². The molecule has 120 valence electrons. The second-order valence-electron chi connectivity index (χ2n) is 4.98. The Morgan fingerprint density at radius 2 is 1.78 bits per heavy atom. The van der Waals surface area contributed by atoms with Crippen molar-refractivity contribution < 1.29 is 24.2 Å². The van der Waals surface area contributed by atoms with Crippen molar-refractivity contribution >= 4 is 11.8 Å². The second-order valence-corrected chi connectivity index (χ2v) is 4.98. The summed E-state index contributed by atoms with van der Waals surface area (Å²) < 4.78 is 10.3. The summed E-state index contributed by atoms with van der Waals surface area (Å²) in [5.74, 6) is -0.557. The van der Waals surface area contributed by atoms with Gasteiger partial charge in [-0.15, -0.1) is 0 Å². The molecule has 5 nitrogen and oxygen atoms in total. The number of hydrogen-bond acceptors (Lipinski definition) is 5. The van der Waals surface area contributed by atoms with Gasteiger partial charge in [0.25, 0.3) is 0 Å². The number of ether oxygens (including phenoxy) is 2. The summed E-state index contributed by atoms with van der Waals surface area (Å²) in [5.41, 5.74) is 1.28. The summed E-state index contributed by atoms with van der Waals surface area (Å²) in [6.07, 6.45) is 0. The van der Waals surface area contributed by atoms with Crippen LogP contribution in [0.5, 0.6) is 11.5 Å². The predicted molar refractivity (Wildman–Crippen MR) is 85.1 cm³/mol. The summed E-state index contributed by atoms with van der Waals surface area (Å²) in [7, 11) is 0. The molecule has 0 radical (unpaired) electrons. The number of carbonyl (C=O) groups excluding carboxylic acids is 2. The zero-order chi connectivity index (χ0) is 16.8. The molecule has 0 aliphatic heterocycles. The van der Waals surface area contributed by atoms with E-state index in [0.717, 1.165) is 5.56 Å². The zero-order valence-corrected chi connectivity index (χ0v) is 13.0. The number of benzene rings is 2. The summed E-state index contributed by atoms with van der Waals surface area (Å²) in [6, 6.07) is 11.2. The second kappa shape index (κ2) is 7.45. The first-order valence-electron chi connectivity index (χ1n) is 7.24. The Bertz CT molecular complexity index is 704. The van der Waals surface area contributed by atoms with Gasteiger partial charge in [0.15, 0.2) is 12.4 Å². The standard InChI is InChI=1S/C18H18O5/c1-3-22-14-7-5-13(6-8-14)17(20)11-23-18(21)15-10-12(2)4-9-16(15)19/h4-10,19H,3,11H2,1-2H3. The lowest BCUT2D eigenvalue weighted by Crippen LogP contribution is -2.14. The van der Waals surface area contributed by atoms with Crippen molar-refractivity contribution in [3.05, 3.63) is 59.2 Å². The van der Waals surface area contributed by atoms with Crippen molar-refractivity contribution in [3.8, 4) is 11.5 Å². The maximum atomic E-state index is 12.0. The fraction of sp³-hybridized carbons (Fsp3) is 0.222. The highest BCUT2D eigenvalue weighted by molar-refractivity contribution is 6.00. The quantitative estimate of drug-likeness (QED) is 0.655. The molecule has 5 heteroatoms. The van der Waals surface area contributed by atoms with E-state index in [2.05, 4.69) is 0 Å². The molecule has 0 saturated carbocycles. The molecule has 0 aliphatic carbocycles. The van der Waals surface area contributed by atoms with E-state index < -0.39 is 5.97 Å². The van der Waals surface area contributed by atoms with Gasteiger partial charge in [-0.1, -0.05) is 11.6 Å². The molecule has 0 aromatic heterocycles. The van der Waals surface area contributed by atoms with Crippen LogP contribution in [0, 0.1) is 6.92 Å². The minimum absolute atomic E-state index is 0.0458. The molecule has 0 heterocycles. The molecule has 2 aromatic carbocycles. The van der Waals surface area contributed by atoms with Gasteiger partial charge < -0.3 is 14.6 Å². The normalized spacial score (nSPS) is 10.2. The lowest BCUT2D eigenvalue weighted by atomic mass is 10.1. The Hall–Kier alpha value is -2.82. The molecule has 0 fully saturated rings. The lowest BCUT2D eigenvalue weighted by molar-refractivity contribution is 0.0471. The van der Waals surface area contributed by atoms with Gasteiger partial charge in [-0.05, 0) is 50.2 Å². The largest absolute Gasteiger partial charge is 0.507 e. The molecule has 0 aliphatic rings. The molecule has 0 atom stereocenters. The molecule has 23 heavy (non-hydrogen) atoms. The Morgan fingerprint density at radius 3 is 2.43 bits per heavy atom. The summed E-state index contributed by atoms with van der Waals surface area (Å²) >= 11 is 0. The van der Waals surface area contributed by atoms with E-state index in [4.69, 9.17) is 9.47 Å². The Kier molecular flexibility index (Phi) is 5.36. The molecule has 0 saturated heterocycles. The van der Waals surface area contributed by atoms with Gasteiger partial charge in [-0.3, -0.25) is 4.79 Å². The van der Waals surface area contributed by atoms with Crippen LogP contribution in [-0.2, 0) is 4.74 Å². The van der Waals surface area contributed by atoms with Crippen LogP contribution in [0.2, 0.25) is 0 Å². The number of ketones is 1. The molecule has 2 rings (SSSR count). The first-order valence-corrected chi connectivity index (χ1v) is 7.24. The average Bonchev–Trinajstić information content (AvgIpc) is 2.55. The van der Waals surface area contributed by atoms with Crippen LogP contribution in [0.15, 0.2) is 42.5 Å². The Morgan fingerprint density at radius 1 is 1.09 bits per heavy atom. The fourth-order valence-corrected chi connectivity index (χ4v) is 2.01. The molecule has 0 spiro atoms. The van der Waals surface area contributed by atoms with Crippen molar-refractivity contribution in [2.45, 2.75) is 13.8 Å². The molecular weight excluding hydrogens is 296 g/mol. The van der Waals surface area contributed by atoms with Crippen LogP contribution in [0.4, 0.5) is 0 Å². The number of carbonyl (C=O) groups is 2.